The SMILES string of the molecule is CCCCC/C=C\C/C=C\CCCCCCCCOCC(COP(=O)(O)OCC(O)CO)OC(=O)CCCCCCCCCCCCCCCCCCCCCC. The van der Waals surface area contributed by atoms with Gasteiger partial charge in [0.1, 0.15) is 12.2 Å². The van der Waals surface area contributed by atoms with E-state index < -0.39 is 33.2 Å². The van der Waals surface area contributed by atoms with Gasteiger partial charge < -0.3 is 24.6 Å². The van der Waals surface area contributed by atoms with Gasteiger partial charge >= 0.3 is 13.8 Å². The number of hydrogen-bond acceptors (Lipinski definition) is 8. The molecule has 0 aliphatic heterocycles. The molecule has 3 unspecified atom stereocenters. The van der Waals surface area contributed by atoms with Gasteiger partial charge in [0.2, 0.25) is 0 Å². The molecule has 0 aliphatic carbocycles. The number of allylic oxidation sites excluding steroid dienone is 4. The van der Waals surface area contributed by atoms with E-state index in [0.29, 0.717) is 6.61 Å². The number of esters is 1. The van der Waals surface area contributed by atoms with Gasteiger partial charge in [0.05, 0.1) is 26.4 Å². The van der Waals surface area contributed by atoms with E-state index in [9.17, 15) is 19.4 Å². The molecule has 0 aromatic heterocycles. The molecule has 0 heterocycles. The van der Waals surface area contributed by atoms with Crippen molar-refractivity contribution in [3.63, 3.8) is 0 Å². The minimum absolute atomic E-state index is 0.0462. The first-order valence-corrected chi connectivity index (χ1v) is 25.3. The van der Waals surface area contributed by atoms with Gasteiger partial charge in [-0.1, -0.05) is 199 Å². The van der Waals surface area contributed by atoms with Crippen LogP contribution >= 0.6 is 7.82 Å². The number of unbranched alkanes of at least 4 members (excludes halogenated alkanes) is 28. The number of phosphoric ester groups is 1. The topological polar surface area (TPSA) is 132 Å². The third kappa shape index (κ3) is 44.3. The first-order chi connectivity index (χ1) is 27.8. The number of carbonyl (C=O) groups is 1. The summed E-state index contributed by atoms with van der Waals surface area (Å²) in [4.78, 5) is 22.6. The second-order valence-corrected chi connectivity index (χ2v) is 17.6. The average Bonchev–Trinajstić information content (AvgIpc) is 3.20. The van der Waals surface area contributed by atoms with Crippen LogP contribution in [-0.2, 0) is 27.9 Å². The molecule has 0 saturated heterocycles. The van der Waals surface area contributed by atoms with Gasteiger partial charge in [-0.25, -0.2) is 4.57 Å². The molecule has 0 aromatic rings. The van der Waals surface area contributed by atoms with E-state index in [1.807, 2.05) is 0 Å². The largest absolute Gasteiger partial charge is 0.472 e. The van der Waals surface area contributed by atoms with Crippen LogP contribution < -0.4 is 0 Å². The van der Waals surface area contributed by atoms with Crippen molar-refractivity contribution in [1.82, 2.24) is 0 Å². The molecule has 0 bridgehead atoms. The van der Waals surface area contributed by atoms with E-state index in [4.69, 9.17) is 23.6 Å². The van der Waals surface area contributed by atoms with Crippen molar-refractivity contribution in [3.05, 3.63) is 24.3 Å². The molecule has 0 fully saturated rings. The molecule has 338 valence electrons. The highest BCUT2D eigenvalue weighted by atomic mass is 31.2. The van der Waals surface area contributed by atoms with Gasteiger partial charge in [0.25, 0.3) is 0 Å². The third-order valence-corrected chi connectivity index (χ3v) is 11.3. The fraction of sp³-hybridized carbons (Fsp3) is 0.894. The Kier molecular flexibility index (Phi) is 43.7. The fourth-order valence-corrected chi connectivity index (χ4v) is 7.53. The molecule has 0 rings (SSSR count). The highest BCUT2D eigenvalue weighted by Crippen LogP contribution is 2.43. The van der Waals surface area contributed by atoms with Crippen LogP contribution in [-0.4, -0.2) is 66.3 Å². The second kappa shape index (κ2) is 44.5. The number of ether oxygens (including phenoxy) is 2. The molecular formula is C47H91O9P. The zero-order valence-corrected chi connectivity index (χ0v) is 38.0. The zero-order valence-electron chi connectivity index (χ0n) is 37.1. The number of aliphatic hydroxyl groups excluding tert-OH is 2. The lowest BCUT2D eigenvalue weighted by molar-refractivity contribution is -0.154. The summed E-state index contributed by atoms with van der Waals surface area (Å²) in [7, 11) is -4.52. The molecular weight excluding hydrogens is 739 g/mol. The summed E-state index contributed by atoms with van der Waals surface area (Å²) in [5.74, 6) is -0.382. The third-order valence-electron chi connectivity index (χ3n) is 10.4. The maximum absolute atomic E-state index is 12.7. The first-order valence-electron chi connectivity index (χ1n) is 23.8. The summed E-state index contributed by atoms with van der Waals surface area (Å²) >= 11 is 0. The Balaban J connectivity index is 4.09. The normalized spacial score (nSPS) is 14.1. The fourth-order valence-electron chi connectivity index (χ4n) is 6.74. The van der Waals surface area contributed by atoms with E-state index in [-0.39, 0.29) is 25.6 Å². The summed E-state index contributed by atoms with van der Waals surface area (Å²) in [6, 6.07) is 0. The minimum atomic E-state index is -4.52. The molecule has 0 aliphatic rings. The minimum Gasteiger partial charge on any atom is -0.457 e. The molecule has 0 saturated carbocycles. The molecule has 0 spiro atoms. The molecule has 10 heteroatoms. The van der Waals surface area contributed by atoms with Crippen LogP contribution in [0.1, 0.15) is 226 Å². The van der Waals surface area contributed by atoms with Gasteiger partial charge in [0.15, 0.2) is 0 Å². The van der Waals surface area contributed by atoms with Gasteiger partial charge in [-0.05, 0) is 44.9 Å². The van der Waals surface area contributed by atoms with E-state index in [1.54, 1.807) is 0 Å². The predicted octanol–water partition coefficient (Wildman–Crippen LogP) is 13.4. The van der Waals surface area contributed by atoms with Crippen LogP contribution in [0.15, 0.2) is 24.3 Å². The van der Waals surface area contributed by atoms with Crippen molar-refractivity contribution in [3.8, 4) is 0 Å². The monoisotopic (exact) mass is 831 g/mol. The Labute approximate surface area is 351 Å². The molecule has 0 amide bonds. The Morgan fingerprint density at radius 2 is 0.947 bits per heavy atom. The average molecular weight is 831 g/mol. The highest BCUT2D eigenvalue weighted by molar-refractivity contribution is 7.47. The molecule has 9 nitrogen and oxygen atoms in total. The second-order valence-electron chi connectivity index (χ2n) is 16.1. The maximum atomic E-state index is 12.7. The summed E-state index contributed by atoms with van der Waals surface area (Å²) in [5, 5.41) is 18.4. The summed E-state index contributed by atoms with van der Waals surface area (Å²) in [5.41, 5.74) is 0. The molecule has 0 aromatic carbocycles. The summed E-state index contributed by atoms with van der Waals surface area (Å²) < 4.78 is 33.4. The van der Waals surface area contributed by atoms with Crippen molar-refractivity contribution in [2.24, 2.45) is 0 Å². The van der Waals surface area contributed by atoms with E-state index in [1.165, 1.54) is 154 Å². The Hall–Kier alpha value is -1.06. The van der Waals surface area contributed by atoms with Gasteiger partial charge in [-0.2, -0.15) is 0 Å². The number of rotatable bonds is 46. The molecule has 57 heavy (non-hydrogen) atoms. The van der Waals surface area contributed by atoms with Crippen molar-refractivity contribution in [2.45, 2.75) is 238 Å². The number of phosphoric acid groups is 1. The predicted molar refractivity (Wildman–Crippen MR) is 238 cm³/mol. The molecule has 3 N–H and O–H groups in total. The lowest BCUT2D eigenvalue weighted by Gasteiger charge is -2.20. The Bertz CT molecular complexity index is 944. The quantitative estimate of drug-likeness (QED) is 0.0237. The highest BCUT2D eigenvalue weighted by Gasteiger charge is 2.26. The van der Waals surface area contributed by atoms with E-state index in [0.717, 1.165) is 51.4 Å². The van der Waals surface area contributed by atoms with Crippen molar-refractivity contribution < 1.29 is 43.0 Å². The van der Waals surface area contributed by atoms with Crippen molar-refractivity contribution >= 4 is 13.8 Å². The van der Waals surface area contributed by atoms with Crippen LogP contribution in [0.4, 0.5) is 0 Å². The Morgan fingerprint density at radius 3 is 1.44 bits per heavy atom. The molecule has 3 atom stereocenters. The van der Waals surface area contributed by atoms with Crippen LogP contribution in [0.5, 0.6) is 0 Å². The number of aliphatic hydroxyl groups is 2. The number of carbonyl (C=O) groups excluding carboxylic acids is 1. The van der Waals surface area contributed by atoms with Crippen LogP contribution in [0.25, 0.3) is 0 Å². The van der Waals surface area contributed by atoms with Gasteiger partial charge in [-0.3, -0.25) is 13.8 Å². The summed E-state index contributed by atoms with van der Waals surface area (Å²) in [6.45, 7) is 3.51. The number of hydrogen-bond donors (Lipinski definition) is 3. The van der Waals surface area contributed by atoms with Crippen LogP contribution in [0.2, 0.25) is 0 Å². The maximum Gasteiger partial charge on any atom is 0.472 e. The van der Waals surface area contributed by atoms with Gasteiger partial charge in [-0.15, -0.1) is 0 Å². The van der Waals surface area contributed by atoms with Crippen molar-refractivity contribution in [1.29, 1.82) is 0 Å². The van der Waals surface area contributed by atoms with E-state index >= 15 is 0 Å². The lowest BCUT2D eigenvalue weighted by atomic mass is 10.0. The first kappa shape index (κ1) is 55.9. The lowest BCUT2D eigenvalue weighted by Crippen LogP contribution is -2.29. The zero-order chi connectivity index (χ0) is 41.8. The standard InChI is InChI=1S/C47H91O9P/c1-3-5-7-9-11-13-15-17-19-21-22-23-24-25-27-29-31-33-35-37-39-47(50)56-46(44-55-57(51,52)54-42-45(49)41-48)43-53-40-38-36-34-32-30-28-26-20-18-16-14-12-10-8-6-4-2/h12,14,18,20,45-46,48-49H,3-11,13,15-17,19,21-44H2,1-2H3,(H,51,52)/b14-12-,20-18-. The van der Waals surface area contributed by atoms with Crippen molar-refractivity contribution in [2.75, 3.05) is 33.0 Å². The smallest absolute Gasteiger partial charge is 0.457 e. The Morgan fingerprint density at radius 1 is 0.544 bits per heavy atom. The van der Waals surface area contributed by atoms with Gasteiger partial charge in [0, 0.05) is 13.0 Å². The van der Waals surface area contributed by atoms with Crippen LogP contribution in [0.3, 0.4) is 0 Å². The van der Waals surface area contributed by atoms with E-state index in [2.05, 4.69) is 38.2 Å². The van der Waals surface area contributed by atoms with Crippen LogP contribution in [0, 0.1) is 0 Å². The molecule has 0 radical (unpaired) electrons. The summed E-state index contributed by atoms with van der Waals surface area (Å²) in [6.07, 6.45) is 47.1.